The van der Waals surface area contributed by atoms with Crippen LogP contribution in [-0.2, 0) is 17.9 Å². The summed E-state index contributed by atoms with van der Waals surface area (Å²) in [6, 6.07) is 7.61. The SMILES string of the molecule is COc1ccc(Cn2cc(CO)nc2S[C@@H](C)C(=O)O)cc1. The van der Waals surface area contributed by atoms with Crippen LogP contribution in [0, 0.1) is 0 Å². The van der Waals surface area contributed by atoms with E-state index in [4.69, 9.17) is 9.84 Å². The third-order valence-electron chi connectivity index (χ3n) is 3.09. The van der Waals surface area contributed by atoms with Gasteiger partial charge in [0.1, 0.15) is 11.0 Å². The van der Waals surface area contributed by atoms with Crippen molar-refractivity contribution in [3.05, 3.63) is 41.7 Å². The highest BCUT2D eigenvalue weighted by atomic mass is 32.2. The number of methoxy groups -OCH3 is 1. The van der Waals surface area contributed by atoms with Crippen molar-refractivity contribution in [2.45, 2.75) is 30.5 Å². The summed E-state index contributed by atoms with van der Waals surface area (Å²) in [5.74, 6) is -0.117. The Bertz CT molecular complexity index is 639. The normalized spacial score (nSPS) is 12.1. The van der Waals surface area contributed by atoms with Crippen LogP contribution in [0.4, 0.5) is 0 Å². The van der Waals surface area contributed by atoms with Crippen molar-refractivity contribution in [2.24, 2.45) is 0 Å². The van der Waals surface area contributed by atoms with Crippen LogP contribution >= 0.6 is 11.8 Å². The highest BCUT2D eigenvalue weighted by Crippen LogP contribution is 2.24. The highest BCUT2D eigenvalue weighted by Gasteiger charge is 2.17. The van der Waals surface area contributed by atoms with Crippen LogP contribution in [0.25, 0.3) is 0 Å². The van der Waals surface area contributed by atoms with Gasteiger partial charge >= 0.3 is 5.97 Å². The van der Waals surface area contributed by atoms with Crippen molar-refractivity contribution < 1.29 is 19.7 Å². The minimum absolute atomic E-state index is 0.176. The lowest BCUT2D eigenvalue weighted by atomic mass is 10.2. The smallest absolute Gasteiger partial charge is 0.316 e. The molecule has 0 bridgehead atoms. The number of aliphatic hydroxyl groups excluding tert-OH is 1. The number of aromatic nitrogens is 2. The second-order valence-electron chi connectivity index (χ2n) is 4.75. The quantitative estimate of drug-likeness (QED) is 0.759. The van der Waals surface area contributed by atoms with E-state index < -0.39 is 11.2 Å². The van der Waals surface area contributed by atoms with Gasteiger partial charge in [-0.2, -0.15) is 0 Å². The van der Waals surface area contributed by atoms with E-state index in [1.807, 2.05) is 28.8 Å². The summed E-state index contributed by atoms with van der Waals surface area (Å²) in [7, 11) is 1.61. The molecule has 0 aliphatic rings. The number of aliphatic carboxylic acids is 1. The number of aliphatic hydroxyl groups is 1. The third-order valence-corrected chi connectivity index (χ3v) is 4.19. The molecule has 0 aliphatic carbocycles. The molecule has 0 radical (unpaired) electrons. The molecule has 118 valence electrons. The van der Waals surface area contributed by atoms with Crippen LogP contribution in [0.3, 0.4) is 0 Å². The van der Waals surface area contributed by atoms with Crippen LogP contribution in [0.2, 0.25) is 0 Å². The number of hydrogen-bond donors (Lipinski definition) is 2. The van der Waals surface area contributed by atoms with Crippen molar-refractivity contribution >= 4 is 17.7 Å². The van der Waals surface area contributed by atoms with Crippen molar-refractivity contribution in [2.75, 3.05) is 7.11 Å². The molecule has 2 aromatic rings. The first-order valence-corrected chi connectivity index (χ1v) is 7.60. The molecule has 0 amide bonds. The lowest BCUT2D eigenvalue weighted by Crippen LogP contribution is -2.13. The van der Waals surface area contributed by atoms with Gasteiger partial charge in [0.25, 0.3) is 0 Å². The van der Waals surface area contributed by atoms with Crippen molar-refractivity contribution in [1.82, 2.24) is 9.55 Å². The summed E-state index contributed by atoms with van der Waals surface area (Å²) >= 11 is 1.16. The molecule has 1 aromatic carbocycles. The molecule has 0 spiro atoms. The van der Waals surface area contributed by atoms with Gasteiger partial charge in [0.2, 0.25) is 0 Å². The average molecular weight is 322 g/mol. The molecule has 22 heavy (non-hydrogen) atoms. The van der Waals surface area contributed by atoms with E-state index in [0.717, 1.165) is 23.1 Å². The molecule has 1 heterocycles. The number of carboxylic acids is 1. The standard InChI is InChI=1S/C15H18N2O4S/c1-10(14(19)20)22-15-16-12(9-18)8-17(15)7-11-3-5-13(21-2)6-4-11/h3-6,8,10,18H,7,9H2,1-2H3,(H,19,20)/t10-/m0/s1. The fraction of sp³-hybridized carbons (Fsp3) is 0.333. The fourth-order valence-electron chi connectivity index (χ4n) is 1.87. The minimum Gasteiger partial charge on any atom is -0.497 e. The van der Waals surface area contributed by atoms with Crippen molar-refractivity contribution in [3.63, 3.8) is 0 Å². The van der Waals surface area contributed by atoms with Gasteiger partial charge in [-0.15, -0.1) is 0 Å². The molecule has 0 unspecified atom stereocenters. The summed E-state index contributed by atoms with van der Waals surface area (Å²) in [6.07, 6.45) is 1.74. The molecular weight excluding hydrogens is 304 g/mol. The highest BCUT2D eigenvalue weighted by molar-refractivity contribution is 8.00. The van der Waals surface area contributed by atoms with Gasteiger partial charge in [0, 0.05) is 12.7 Å². The Morgan fingerprint density at radius 1 is 1.41 bits per heavy atom. The Hall–Kier alpha value is -1.99. The molecule has 1 aromatic heterocycles. The molecule has 7 heteroatoms. The largest absolute Gasteiger partial charge is 0.497 e. The molecular formula is C15H18N2O4S. The summed E-state index contributed by atoms with van der Waals surface area (Å²) in [5.41, 5.74) is 1.56. The van der Waals surface area contributed by atoms with E-state index in [9.17, 15) is 9.90 Å². The van der Waals surface area contributed by atoms with Crippen molar-refractivity contribution in [3.8, 4) is 5.75 Å². The van der Waals surface area contributed by atoms with Crippen LogP contribution in [-0.4, -0.2) is 38.1 Å². The van der Waals surface area contributed by atoms with Crippen LogP contribution in [0.5, 0.6) is 5.75 Å². The molecule has 0 aliphatic heterocycles. The zero-order chi connectivity index (χ0) is 16.1. The Morgan fingerprint density at radius 2 is 2.09 bits per heavy atom. The number of hydrogen-bond acceptors (Lipinski definition) is 5. The minimum atomic E-state index is -0.894. The average Bonchev–Trinajstić information content (AvgIpc) is 2.90. The zero-order valence-corrected chi connectivity index (χ0v) is 13.2. The first-order valence-electron chi connectivity index (χ1n) is 6.72. The van der Waals surface area contributed by atoms with E-state index in [-0.39, 0.29) is 6.61 Å². The molecule has 0 saturated heterocycles. The number of benzene rings is 1. The Labute approximate surface area is 132 Å². The predicted molar refractivity (Wildman–Crippen MR) is 83.2 cm³/mol. The monoisotopic (exact) mass is 322 g/mol. The van der Waals surface area contributed by atoms with E-state index in [1.165, 1.54) is 0 Å². The summed E-state index contributed by atoms with van der Waals surface area (Å²) in [5, 5.41) is 18.2. The number of ether oxygens (including phenoxy) is 1. The van der Waals surface area contributed by atoms with Gasteiger partial charge in [-0.3, -0.25) is 4.79 Å². The van der Waals surface area contributed by atoms with Gasteiger partial charge in [-0.1, -0.05) is 23.9 Å². The topological polar surface area (TPSA) is 84.6 Å². The van der Waals surface area contributed by atoms with Gasteiger partial charge in [-0.05, 0) is 24.6 Å². The lowest BCUT2D eigenvalue weighted by molar-refractivity contribution is -0.136. The molecule has 0 saturated carbocycles. The van der Waals surface area contributed by atoms with E-state index >= 15 is 0 Å². The maximum atomic E-state index is 11.0. The zero-order valence-electron chi connectivity index (χ0n) is 12.4. The molecule has 1 atom stereocenters. The second kappa shape index (κ2) is 7.33. The van der Waals surface area contributed by atoms with Crippen LogP contribution in [0.1, 0.15) is 18.2 Å². The number of carbonyl (C=O) groups is 1. The number of nitrogens with zero attached hydrogens (tertiary/aromatic N) is 2. The molecule has 6 nitrogen and oxygen atoms in total. The second-order valence-corrected chi connectivity index (χ2v) is 6.06. The van der Waals surface area contributed by atoms with Crippen LogP contribution < -0.4 is 4.74 Å². The first kappa shape index (κ1) is 16.4. The van der Waals surface area contributed by atoms with E-state index in [0.29, 0.717) is 17.4 Å². The number of carboxylic acid groups (broad SMARTS) is 1. The van der Waals surface area contributed by atoms with Gasteiger partial charge in [0.15, 0.2) is 5.16 Å². The maximum absolute atomic E-state index is 11.0. The summed E-state index contributed by atoms with van der Waals surface area (Å²) in [6.45, 7) is 1.98. The predicted octanol–water partition coefficient (Wildman–Crippen LogP) is 2.00. The first-order chi connectivity index (χ1) is 10.5. The number of imidazole rings is 1. The van der Waals surface area contributed by atoms with Gasteiger partial charge < -0.3 is 19.5 Å². The molecule has 2 N–H and O–H groups in total. The van der Waals surface area contributed by atoms with Gasteiger partial charge in [0.05, 0.1) is 19.4 Å². The van der Waals surface area contributed by atoms with E-state index in [1.54, 1.807) is 20.2 Å². The van der Waals surface area contributed by atoms with Crippen molar-refractivity contribution in [1.29, 1.82) is 0 Å². The molecule has 2 rings (SSSR count). The number of thioether (sulfide) groups is 1. The lowest BCUT2D eigenvalue weighted by Gasteiger charge is -2.10. The Balaban J connectivity index is 2.20. The van der Waals surface area contributed by atoms with E-state index in [2.05, 4.69) is 4.98 Å². The maximum Gasteiger partial charge on any atom is 0.316 e. The van der Waals surface area contributed by atoms with Crippen LogP contribution in [0.15, 0.2) is 35.6 Å². The summed E-state index contributed by atoms with van der Waals surface area (Å²) in [4.78, 5) is 15.3. The third kappa shape index (κ3) is 4.02. The Kier molecular flexibility index (Phi) is 5.46. The van der Waals surface area contributed by atoms with Gasteiger partial charge in [-0.25, -0.2) is 4.98 Å². The Morgan fingerprint density at radius 3 is 2.64 bits per heavy atom. The number of rotatable bonds is 7. The summed E-state index contributed by atoms with van der Waals surface area (Å²) < 4.78 is 6.97. The fourth-order valence-corrected chi connectivity index (χ4v) is 2.71. The molecule has 0 fully saturated rings.